The van der Waals surface area contributed by atoms with Crippen LogP contribution in [-0.4, -0.2) is 38.3 Å². The van der Waals surface area contributed by atoms with E-state index in [0.29, 0.717) is 22.8 Å². The molecular formula is C20H23NO6. The van der Waals surface area contributed by atoms with Gasteiger partial charge in [-0.05, 0) is 55.3 Å². The van der Waals surface area contributed by atoms with Crippen molar-refractivity contribution in [1.29, 1.82) is 0 Å². The third-order valence-corrected chi connectivity index (χ3v) is 4.12. The third-order valence-electron chi connectivity index (χ3n) is 4.12. The summed E-state index contributed by atoms with van der Waals surface area (Å²) in [5, 5.41) is 12.0. The Kier molecular flexibility index (Phi) is 6.28. The van der Waals surface area contributed by atoms with Gasteiger partial charge in [-0.25, -0.2) is 4.79 Å². The number of carboxylic acid groups (broad SMARTS) is 1. The molecule has 0 aliphatic rings. The molecule has 1 unspecified atom stereocenters. The second-order valence-electron chi connectivity index (χ2n) is 6.05. The lowest BCUT2D eigenvalue weighted by atomic mass is 10.0. The van der Waals surface area contributed by atoms with Crippen LogP contribution in [0.15, 0.2) is 30.3 Å². The Balaban J connectivity index is 2.30. The maximum absolute atomic E-state index is 12.6. The number of benzene rings is 2. The maximum Gasteiger partial charge on any atom is 0.335 e. The van der Waals surface area contributed by atoms with E-state index in [1.165, 1.54) is 33.5 Å². The standard InChI is InChI=1S/C20H23NO6/c1-11-6-14(8-15(7-11)20(23)24)19(22)21-12(2)13-9-16(25-3)18(27-5)17(10-13)26-4/h6-10,12H,1-5H3,(H,21,22)(H,23,24). The van der Waals surface area contributed by atoms with Crippen LogP contribution in [0.4, 0.5) is 0 Å². The number of hydrogen-bond acceptors (Lipinski definition) is 5. The topological polar surface area (TPSA) is 94.1 Å². The molecule has 7 heteroatoms. The molecule has 1 amide bonds. The van der Waals surface area contributed by atoms with E-state index in [2.05, 4.69) is 5.32 Å². The van der Waals surface area contributed by atoms with Crippen LogP contribution in [0.1, 0.15) is 44.8 Å². The summed E-state index contributed by atoms with van der Waals surface area (Å²) < 4.78 is 16.0. The van der Waals surface area contributed by atoms with Gasteiger partial charge in [0.1, 0.15) is 0 Å². The lowest BCUT2D eigenvalue weighted by Gasteiger charge is -2.19. The minimum absolute atomic E-state index is 0.0700. The van der Waals surface area contributed by atoms with Crippen molar-refractivity contribution in [2.75, 3.05) is 21.3 Å². The van der Waals surface area contributed by atoms with Gasteiger partial charge >= 0.3 is 5.97 Å². The van der Waals surface area contributed by atoms with Gasteiger partial charge in [-0.1, -0.05) is 0 Å². The van der Waals surface area contributed by atoms with Gasteiger partial charge in [0.15, 0.2) is 11.5 Å². The van der Waals surface area contributed by atoms with Crippen molar-refractivity contribution in [3.05, 3.63) is 52.6 Å². The minimum Gasteiger partial charge on any atom is -0.493 e. The fraction of sp³-hybridized carbons (Fsp3) is 0.300. The average Bonchev–Trinajstić information content (AvgIpc) is 2.65. The minimum atomic E-state index is -1.08. The molecule has 0 heterocycles. The van der Waals surface area contributed by atoms with Crippen molar-refractivity contribution in [1.82, 2.24) is 5.32 Å². The van der Waals surface area contributed by atoms with E-state index in [1.54, 1.807) is 25.1 Å². The molecule has 0 radical (unpaired) electrons. The SMILES string of the molecule is COc1cc(C(C)NC(=O)c2cc(C)cc(C(=O)O)c2)cc(OC)c1OC. The number of ether oxygens (including phenoxy) is 3. The van der Waals surface area contributed by atoms with Crippen LogP contribution in [0, 0.1) is 6.92 Å². The second-order valence-corrected chi connectivity index (χ2v) is 6.05. The van der Waals surface area contributed by atoms with Crippen LogP contribution in [0.3, 0.4) is 0 Å². The first-order chi connectivity index (χ1) is 12.8. The summed E-state index contributed by atoms with van der Waals surface area (Å²) in [5.74, 6) is -0.0201. The molecule has 0 aliphatic heterocycles. The smallest absolute Gasteiger partial charge is 0.335 e. The van der Waals surface area contributed by atoms with E-state index in [4.69, 9.17) is 19.3 Å². The molecular weight excluding hydrogens is 350 g/mol. The highest BCUT2D eigenvalue weighted by atomic mass is 16.5. The number of rotatable bonds is 7. The van der Waals surface area contributed by atoms with E-state index in [-0.39, 0.29) is 23.1 Å². The van der Waals surface area contributed by atoms with Gasteiger partial charge in [0.2, 0.25) is 5.75 Å². The Bertz CT molecular complexity index is 837. The molecule has 0 aromatic heterocycles. The van der Waals surface area contributed by atoms with Crippen molar-refractivity contribution in [3.8, 4) is 17.2 Å². The number of aryl methyl sites for hydroxylation is 1. The van der Waals surface area contributed by atoms with E-state index in [0.717, 1.165) is 5.56 Å². The summed E-state index contributed by atoms with van der Waals surface area (Å²) in [6, 6.07) is 7.65. The van der Waals surface area contributed by atoms with Crippen molar-refractivity contribution < 1.29 is 28.9 Å². The molecule has 2 rings (SSSR count). The second kappa shape index (κ2) is 8.44. The number of methoxy groups -OCH3 is 3. The Morgan fingerprint density at radius 2 is 1.48 bits per heavy atom. The van der Waals surface area contributed by atoms with Gasteiger partial charge in [0.05, 0.1) is 32.9 Å². The maximum atomic E-state index is 12.6. The first-order valence-corrected chi connectivity index (χ1v) is 8.26. The molecule has 0 saturated heterocycles. The summed E-state index contributed by atoms with van der Waals surface area (Å²) in [7, 11) is 4.55. The number of amides is 1. The number of hydrogen-bond donors (Lipinski definition) is 2. The summed E-state index contributed by atoms with van der Waals surface area (Å²) in [5.41, 5.74) is 1.80. The number of carboxylic acids is 1. The van der Waals surface area contributed by atoms with Crippen LogP contribution >= 0.6 is 0 Å². The third kappa shape index (κ3) is 4.49. The predicted octanol–water partition coefficient (Wildman–Crippen LogP) is 3.21. The van der Waals surface area contributed by atoms with Gasteiger partial charge in [-0.2, -0.15) is 0 Å². The quantitative estimate of drug-likeness (QED) is 0.774. The molecule has 2 aromatic rings. The van der Waals surface area contributed by atoms with Gasteiger partial charge < -0.3 is 24.6 Å². The van der Waals surface area contributed by atoms with Crippen LogP contribution in [0.25, 0.3) is 0 Å². The molecule has 7 nitrogen and oxygen atoms in total. The number of nitrogens with one attached hydrogen (secondary N) is 1. The van der Waals surface area contributed by atoms with E-state index < -0.39 is 5.97 Å². The molecule has 27 heavy (non-hydrogen) atoms. The molecule has 0 saturated carbocycles. The van der Waals surface area contributed by atoms with E-state index >= 15 is 0 Å². The zero-order valence-electron chi connectivity index (χ0n) is 16.0. The Labute approximate surface area is 157 Å². The molecule has 0 spiro atoms. The lowest BCUT2D eigenvalue weighted by molar-refractivity contribution is 0.0696. The number of aromatic carboxylic acids is 1. The molecule has 144 valence electrons. The van der Waals surface area contributed by atoms with Crippen molar-refractivity contribution >= 4 is 11.9 Å². The fourth-order valence-corrected chi connectivity index (χ4v) is 2.75. The van der Waals surface area contributed by atoms with Gasteiger partial charge in [-0.15, -0.1) is 0 Å². The predicted molar refractivity (Wildman–Crippen MR) is 100 cm³/mol. The summed E-state index contributed by atoms with van der Waals surface area (Å²) in [6.45, 7) is 3.55. The van der Waals surface area contributed by atoms with Gasteiger partial charge in [-0.3, -0.25) is 4.79 Å². The Morgan fingerprint density at radius 3 is 1.96 bits per heavy atom. The molecule has 2 aromatic carbocycles. The first-order valence-electron chi connectivity index (χ1n) is 8.26. The normalized spacial score (nSPS) is 11.4. The molecule has 0 bridgehead atoms. The average molecular weight is 373 g/mol. The highest BCUT2D eigenvalue weighted by Gasteiger charge is 2.19. The molecule has 2 N–H and O–H groups in total. The number of carbonyl (C=O) groups is 2. The Morgan fingerprint density at radius 1 is 0.926 bits per heavy atom. The number of carbonyl (C=O) groups excluding carboxylic acids is 1. The van der Waals surface area contributed by atoms with Gasteiger partial charge in [0.25, 0.3) is 5.91 Å². The van der Waals surface area contributed by atoms with Crippen LogP contribution in [-0.2, 0) is 0 Å². The lowest BCUT2D eigenvalue weighted by Crippen LogP contribution is -2.27. The summed E-state index contributed by atoms with van der Waals surface area (Å²) >= 11 is 0. The summed E-state index contributed by atoms with van der Waals surface area (Å²) in [6.07, 6.45) is 0. The zero-order chi connectivity index (χ0) is 20.1. The monoisotopic (exact) mass is 373 g/mol. The van der Waals surface area contributed by atoms with Gasteiger partial charge in [0, 0.05) is 5.56 Å². The molecule has 0 aliphatic carbocycles. The highest BCUT2D eigenvalue weighted by molar-refractivity contribution is 5.98. The van der Waals surface area contributed by atoms with Crippen LogP contribution < -0.4 is 19.5 Å². The van der Waals surface area contributed by atoms with Crippen LogP contribution in [0.2, 0.25) is 0 Å². The zero-order valence-corrected chi connectivity index (χ0v) is 16.0. The van der Waals surface area contributed by atoms with Crippen LogP contribution in [0.5, 0.6) is 17.2 Å². The van der Waals surface area contributed by atoms with E-state index in [9.17, 15) is 9.59 Å². The van der Waals surface area contributed by atoms with E-state index in [1.807, 2.05) is 6.92 Å². The highest BCUT2D eigenvalue weighted by Crippen LogP contribution is 2.39. The van der Waals surface area contributed by atoms with Crippen molar-refractivity contribution in [2.45, 2.75) is 19.9 Å². The largest absolute Gasteiger partial charge is 0.493 e. The first kappa shape index (κ1) is 20.1. The van der Waals surface area contributed by atoms with Crippen molar-refractivity contribution in [3.63, 3.8) is 0 Å². The fourth-order valence-electron chi connectivity index (χ4n) is 2.75. The van der Waals surface area contributed by atoms with Crippen molar-refractivity contribution in [2.24, 2.45) is 0 Å². The molecule has 0 fully saturated rings. The molecule has 1 atom stereocenters. The summed E-state index contributed by atoms with van der Waals surface area (Å²) in [4.78, 5) is 23.8. The Hall–Kier alpha value is -3.22.